The second-order valence-corrected chi connectivity index (χ2v) is 5.90. The van der Waals surface area contributed by atoms with E-state index in [1.165, 1.54) is 17.1 Å². The van der Waals surface area contributed by atoms with Gasteiger partial charge >= 0.3 is 0 Å². The Morgan fingerprint density at radius 3 is 2.80 bits per heavy atom. The van der Waals surface area contributed by atoms with Gasteiger partial charge in [0.15, 0.2) is 0 Å². The summed E-state index contributed by atoms with van der Waals surface area (Å²) in [6, 6.07) is 13.0. The summed E-state index contributed by atoms with van der Waals surface area (Å²) in [5.74, 6) is -0.185. The standard InChI is InChI=1S/C19H19FN4O/c1-12(21)19-22-17-9-4-3-8-16(17)13(2)24(19)23-18(25)11-14-6-5-7-15(20)10-14/h3-10,12H,2,11,21H2,1H3,(H,23,25). The zero-order valence-electron chi connectivity index (χ0n) is 13.9. The van der Waals surface area contributed by atoms with E-state index in [2.05, 4.69) is 17.0 Å². The van der Waals surface area contributed by atoms with Gasteiger partial charge in [0, 0.05) is 5.56 Å². The molecule has 0 saturated heterocycles. The molecule has 2 aromatic carbocycles. The molecule has 0 fully saturated rings. The highest BCUT2D eigenvalue weighted by molar-refractivity contribution is 6.01. The number of benzene rings is 2. The quantitative estimate of drug-likeness (QED) is 0.900. The van der Waals surface area contributed by atoms with Crippen molar-refractivity contribution in [1.29, 1.82) is 0 Å². The fourth-order valence-corrected chi connectivity index (χ4v) is 2.67. The molecule has 2 aromatic rings. The maximum Gasteiger partial charge on any atom is 0.243 e. The lowest BCUT2D eigenvalue weighted by Gasteiger charge is -2.33. The van der Waals surface area contributed by atoms with E-state index in [-0.39, 0.29) is 18.1 Å². The van der Waals surface area contributed by atoms with E-state index in [0.29, 0.717) is 17.1 Å². The molecule has 5 nitrogen and oxygen atoms in total. The number of nitrogens with one attached hydrogen (secondary N) is 1. The molecule has 128 valence electrons. The Bertz CT molecular complexity index is 860. The van der Waals surface area contributed by atoms with Gasteiger partial charge in [-0.25, -0.2) is 14.4 Å². The molecular weight excluding hydrogens is 319 g/mol. The normalized spacial score (nSPS) is 14.6. The fourth-order valence-electron chi connectivity index (χ4n) is 2.67. The second kappa shape index (κ2) is 6.86. The van der Waals surface area contributed by atoms with Crippen LogP contribution in [0.15, 0.2) is 60.1 Å². The minimum Gasteiger partial charge on any atom is -0.322 e. The Labute approximate surface area is 145 Å². The van der Waals surface area contributed by atoms with Crippen molar-refractivity contribution in [1.82, 2.24) is 10.4 Å². The maximum absolute atomic E-state index is 13.3. The molecule has 1 unspecified atom stereocenters. The topological polar surface area (TPSA) is 70.7 Å². The van der Waals surface area contributed by atoms with E-state index < -0.39 is 6.04 Å². The Morgan fingerprint density at radius 2 is 2.08 bits per heavy atom. The molecule has 25 heavy (non-hydrogen) atoms. The molecule has 1 aliphatic rings. The van der Waals surface area contributed by atoms with Gasteiger partial charge in [-0.15, -0.1) is 0 Å². The van der Waals surface area contributed by atoms with Crippen molar-refractivity contribution >= 4 is 23.1 Å². The third kappa shape index (κ3) is 3.59. The number of amides is 1. The maximum atomic E-state index is 13.3. The SMILES string of the molecule is C=C1c2ccccc2N=C(C(C)N)N1NC(=O)Cc1cccc(F)c1. The van der Waals surface area contributed by atoms with Gasteiger partial charge in [-0.1, -0.05) is 36.9 Å². The number of hydrogen-bond donors (Lipinski definition) is 2. The molecule has 0 aromatic heterocycles. The van der Waals surface area contributed by atoms with Crippen molar-refractivity contribution in [2.45, 2.75) is 19.4 Å². The van der Waals surface area contributed by atoms with Crippen LogP contribution in [0.5, 0.6) is 0 Å². The minimum atomic E-state index is -0.403. The largest absolute Gasteiger partial charge is 0.322 e. The monoisotopic (exact) mass is 338 g/mol. The van der Waals surface area contributed by atoms with Gasteiger partial charge in [-0.05, 0) is 30.7 Å². The predicted octanol–water partition coefficient (Wildman–Crippen LogP) is 2.76. The zero-order chi connectivity index (χ0) is 18.0. The first-order chi connectivity index (χ1) is 12.0. The molecule has 1 heterocycles. The molecular formula is C19H19FN4O. The Balaban J connectivity index is 1.83. The molecule has 0 bridgehead atoms. The summed E-state index contributed by atoms with van der Waals surface area (Å²) in [7, 11) is 0. The molecule has 1 aliphatic heterocycles. The van der Waals surface area contributed by atoms with Gasteiger partial charge in [0.05, 0.1) is 23.8 Å². The smallest absolute Gasteiger partial charge is 0.243 e. The highest BCUT2D eigenvalue weighted by atomic mass is 19.1. The van der Waals surface area contributed by atoms with E-state index in [4.69, 9.17) is 5.73 Å². The first-order valence-corrected chi connectivity index (χ1v) is 7.92. The average Bonchev–Trinajstić information content (AvgIpc) is 2.57. The molecule has 1 amide bonds. The first kappa shape index (κ1) is 16.9. The van der Waals surface area contributed by atoms with Gasteiger partial charge in [0.2, 0.25) is 5.91 Å². The first-order valence-electron chi connectivity index (χ1n) is 7.92. The number of aliphatic imine (C=N–C) groups is 1. The number of fused-ring (bicyclic) bond motifs is 1. The van der Waals surface area contributed by atoms with Gasteiger partial charge in [0.25, 0.3) is 0 Å². The van der Waals surface area contributed by atoms with Crippen LogP contribution in [0.25, 0.3) is 5.70 Å². The average molecular weight is 338 g/mol. The third-order valence-corrected chi connectivity index (χ3v) is 3.85. The number of rotatable bonds is 4. The summed E-state index contributed by atoms with van der Waals surface area (Å²) in [6.45, 7) is 5.84. The van der Waals surface area contributed by atoms with Crippen LogP contribution in [0, 0.1) is 5.82 Å². The molecule has 6 heteroatoms. The molecule has 3 rings (SSSR count). The second-order valence-electron chi connectivity index (χ2n) is 5.90. The van der Waals surface area contributed by atoms with Crippen LogP contribution in [-0.4, -0.2) is 22.8 Å². The van der Waals surface area contributed by atoms with Crippen LogP contribution in [0.3, 0.4) is 0 Å². The lowest BCUT2D eigenvalue weighted by molar-refractivity contribution is -0.122. The number of amidine groups is 1. The van der Waals surface area contributed by atoms with E-state index >= 15 is 0 Å². The summed E-state index contributed by atoms with van der Waals surface area (Å²) in [5.41, 5.74) is 11.5. The third-order valence-electron chi connectivity index (χ3n) is 3.85. The Kier molecular flexibility index (Phi) is 4.63. The number of carbonyl (C=O) groups excluding carboxylic acids is 1. The molecule has 0 spiro atoms. The van der Waals surface area contributed by atoms with Crippen molar-refractivity contribution in [3.63, 3.8) is 0 Å². The predicted molar refractivity (Wildman–Crippen MR) is 96.3 cm³/mol. The summed E-state index contributed by atoms with van der Waals surface area (Å²) in [4.78, 5) is 16.9. The highest BCUT2D eigenvalue weighted by Crippen LogP contribution is 2.32. The lowest BCUT2D eigenvalue weighted by atomic mass is 10.1. The van der Waals surface area contributed by atoms with E-state index in [1.54, 1.807) is 19.1 Å². The van der Waals surface area contributed by atoms with Crippen LogP contribution in [0.1, 0.15) is 18.1 Å². The molecule has 0 radical (unpaired) electrons. The number of nitrogens with two attached hydrogens (primary N) is 1. The van der Waals surface area contributed by atoms with Crippen molar-refractivity contribution < 1.29 is 9.18 Å². The van der Waals surface area contributed by atoms with Crippen LogP contribution in [-0.2, 0) is 11.2 Å². The number of carbonyl (C=O) groups is 1. The summed E-state index contributed by atoms with van der Waals surface area (Å²) in [6.07, 6.45) is 0.0371. The lowest BCUT2D eigenvalue weighted by Crippen LogP contribution is -2.51. The fraction of sp³-hybridized carbons (Fsp3) is 0.158. The molecule has 1 atom stereocenters. The van der Waals surface area contributed by atoms with Crippen LogP contribution in [0.4, 0.5) is 10.1 Å². The van der Waals surface area contributed by atoms with E-state index in [9.17, 15) is 9.18 Å². The van der Waals surface area contributed by atoms with Gasteiger partial charge in [0.1, 0.15) is 11.7 Å². The highest BCUT2D eigenvalue weighted by Gasteiger charge is 2.27. The zero-order valence-corrected chi connectivity index (χ0v) is 13.9. The number of nitrogens with zero attached hydrogens (tertiary/aromatic N) is 2. The number of halogens is 1. The van der Waals surface area contributed by atoms with Gasteiger partial charge < -0.3 is 5.73 Å². The van der Waals surface area contributed by atoms with Gasteiger partial charge in [-0.2, -0.15) is 0 Å². The molecule has 0 saturated carbocycles. The summed E-state index contributed by atoms with van der Waals surface area (Å²) >= 11 is 0. The Hall–Kier alpha value is -2.99. The van der Waals surface area contributed by atoms with Crippen molar-refractivity contribution in [2.24, 2.45) is 10.7 Å². The molecule has 3 N–H and O–H groups in total. The van der Waals surface area contributed by atoms with E-state index in [0.717, 1.165) is 11.3 Å². The number of hydrazine groups is 1. The summed E-state index contributed by atoms with van der Waals surface area (Å²) in [5, 5.41) is 1.51. The van der Waals surface area contributed by atoms with Crippen molar-refractivity contribution in [3.8, 4) is 0 Å². The van der Waals surface area contributed by atoms with Crippen molar-refractivity contribution in [3.05, 3.63) is 72.1 Å². The minimum absolute atomic E-state index is 0.0371. The van der Waals surface area contributed by atoms with Crippen LogP contribution < -0.4 is 11.2 Å². The van der Waals surface area contributed by atoms with Gasteiger partial charge in [-0.3, -0.25) is 10.2 Å². The Morgan fingerprint density at radius 1 is 1.32 bits per heavy atom. The number of para-hydroxylation sites is 1. The van der Waals surface area contributed by atoms with Crippen LogP contribution >= 0.6 is 0 Å². The van der Waals surface area contributed by atoms with Crippen LogP contribution in [0.2, 0.25) is 0 Å². The van der Waals surface area contributed by atoms with E-state index in [1.807, 2.05) is 24.3 Å². The number of hydrogen-bond acceptors (Lipinski definition) is 4. The molecule has 0 aliphatic carbocycles. The summed E-state index contributed by atoms with van der Waals surface area (Å²) < 4.78 is 13.3. The van der Waals surface area contributed by atoms with Crippen molar-refractivity contribution in [2.75, 3.05) is 0 Å².